The van der Waals surface area contributed by atoms with Crippen LogP contribution in [0.4, 0.5) is 4.39 Å². The van der Waals surface area contributed by atoms with Crippen molar-refractivity contribution in [2.24, 2.45) is 0 Å². The van der Waals surface area contributed by atoms with Crippen molar-refractivity contribution in [1.82, 2.24) is 9.55 Å². The Morgan fingerprint density at radius 2 is 1.68 bits per heavy atom. The highest BCUT2D eigenvalue weighted by atomic mass is 19.1. The topological polar surface area (TPSA) is 17.8 Å². The predicted molar refractivity (Wildman–Crippen MR) is 75.5 cm³/mol. The van der Waals surface area contributed by atoms with Crippen molar-refractivity contribution in [2.45, 2.75) is 19.9 Å². The van der Waals surface area contributed by atoms with Gasteiger partial charge in [0.15, 0.2) is 0 Å². The van der Waals surface area contributed by atoms with Gasteiger partial charge >= 0.3 is 0 Å². The van der Waals surface area contributed by atoms with Gasteiger partial charge in [-0.2, -0.15) is 0 Å². The van der Waals surface area contributed by atoms with Crippen LogP contribution in [0.15, 0.2) is 48.5 Å². The van der Waals surface area contributed by atoms with E-state index < -0.39 is 0 Å². The Bertz CT molecular complexity index is 711. The maximum atomic E-state index is 13.0. The molecule has 1 heterocycles. The number of fused-ring (bicyclic) bond motifs is 1. The van der Waals surface area contributed by atoms with Gasteiger partial charge in [-0.25, -0.2) is 9.37 Å². The molecular weight excluding hydrogens is 239 g/mol. The fourth-order valence-electron chi connectivity index (χ4n) is 2.37. The minimum atomic E-state index is -0.226. The minimum absolute atomic E-state index is 0.226. The van der Waals surface area contributed by atoms with Crippen molar-refractivity contribution in [3.8, 4) is 11.4 Å². The molecule has 2 nitrogen and oxygen atoms in total. The van der Waals surface area contributed by atoms with Gasteiger partial charge in [0.2, 0.25) is 0 Å². The Kier molecular flexibility index (Phi) is 2.82. The van der Waals surface area contributed by atoms with Crippen molar-refractivity contribution in [1.29, 1.82) is 0 Å². The molecule has 1 aromatic heterocycles. The molecular formula is C16H15FN2. The largest absolute Gasteiger partial charge is 0.321 e. The summed E-state index contributed by atoms with van der Waals surface area (Å²) >= 11 is 0. The summed E-state index contributed by atoms with van der Waals surface area (Å²) < 4.78 is 15.2. The number of halogens is 1. The third kappa shape index (κ3) is 2.01. The smallest absolute Gasteiger partial charge is 0.141 e. The second-order valence-corrected chi connectivity index (χ2v) is 4.89. The van der Waals surface area contributed by atoms with Crippen LogP contribution < -0.4 is 0 Å². The summed E-state index contributed by atoms with van der Waals surface area (Å²) in [5, 5.41) is 0. The standard InChI is InChI=1S/C16H15FN2/c1-11(2)19-15-6-4-3-5-14(15)18-16(19)12-7-9-13(17)10-8-12/h3-11H,1-2H3. The van der Waals surface area contributed by atoms with Crippen LogP contribution in [-0.2, 0) is 0 Å². The van der Waals surface area contributed by atoms with Crippen molar-refractivity contribution < 1.29 is 4.39 Å². The number of benzene rings is 2. The lowest BCUT2D eigenvalue weighted by molar-refractivity contribution is 0.621. The normalized spacial score (nSPS) is 11.4. The van der Waals surface area contributed by atoms with Crippen LogP contribution in [0.2, 0.25) is 0 Å². The van der Waals surface area contributed by atoms with E-state index in [1.165, 1.54) is 12.1 Å². The molecule has 0 fully saturated rings. The maximum absolute atomic E-state index is 13.0. The predicted octanol–water partition coefficient (Wildman–Crippen LogP) is 4.42. The molecule has 0 saturated carbocycles. The summed E-state index contributed by atoms with van der Waals surface area (Å²) in [7, 11) is 0. The molecule has 0 aliphatic carbocycles. The highest BCUT2D eigenvalue weighted by molar-refractivity contribution is 5.80. The van der Waals surface area contributed by atoms with E-state index >= 15 is 0 Å². The van der Waals surface area contributed by atoms with Gasteiger partial charge in [-0.15, -0.1) is 0 Å². The van der Waals surface area contributed by atoms with E-state index in [0.717, 1.165) is 22.4 Å². The second-order valence-electron chi connectivity index (χ2n) is 4.89. The van der Waals surface area contributed by atoms with Crippen LogP contribution in [0.3, 0.4) is 0 Å². The fourth-order valence-corrected chi connectivity index (χ4v) is 2.37. The van der Waals surface area contributed by atoms with E-state index in [0.29, 0.717) is 6.04 Å². The van der Waals surface area contributed by atoms with Crippen LogP contribution in [0.25, 0.3) is 22.4 Å². The lowest BCUT2D eigenvalue weighted by Gasteiger charge is -2.13. The first-order chi connectivity index (χ1) is 9.16. The number of rotatable bonds is 2. The van der Waals surface area contributed by atoms with Crippen molar-refractivity contribution in [2.75, 3.05) is 0 Å². The Labute approximate surface area is 111 Å². The third-order valence-corrected chi connectivity index (χ3v) is 3.21. The zero-order valence-corrected chi connectivity index (χ0v) is 11.0. The summed E-state index contributed by atoms with van der Waals surface area (Å²) in [5.74, 6) is 0.659. The van der Waals surface area contributed by atoms with Gasteiger partial charge < -0.3 is 4.57 Å². The third-order valence-electron chi connectivity index (χ3n) is 3.21. The van der Waals surface area contributed by atoms with E-state index in [4.69, 9.17) is 0 Å². The van der Waals surface area contributed by atoms with Gasteiger partial charge in [-0.05, 0) is 50.2 Å². The van der Waals surface area contributed by atoms with E-state index in [1.807, 2.05) is 18.2 Å². The van der Waals surface area contributed by atoms with E-state index in [1.54, 1.807) is 12.1 Å². The van der Waals surface area contributed by atoms with Gasteiger partial charge in [0.25, 0.3) is 0 Å². The summed E-state index contributed by atoms with van der Waals surface area (Å²) in [4.78, 5) is 4.67. The zero-order chi connectivity index (χ0) is 13.4. The lowest BCUT2D eigenvalue weighted by Crippen LogP contribution is -2.02. The number of hydrogen-bond donors (Lipinski definition) is 0. The fraction of sp³-hybridized carbons (Fsp3) is 0.188. The molecule has 3 rings (SSSR count). The van der Waals surface area contributed by atoms with E-state index in [2.05, 4.69) is 29.5 Å². The molecule has 2 aromatic carbocycles. The molecule has 0 aliphatic rings. The average molecular weight is 254 g/mol. The Hall–Kier alpha value is -2.16. The highest BCUT2D eigenvalue weighted by Gasteiger charge is 2.14. The van der Waals surface area contributed by atoms with Crippen LogP contribution in [0, 0.1) is 5.82 Å². The molecule has 3 aromatic rings. The number of para-hydroxylation sites is 2. The molecule has 0 bridgehead atoms. The number of hydrogen-bond acceptors (Lipinski definition) is 1. The molecule has 96 valence electrons. The Morgan fingerprint density at radius 1 is 1.00 bits per heavy atom. The number of imidazole rings is 1. The van der Waals surface area contributed by atoms with E-state index in [-0.39, 0.29) is 5.82 Å². The van der Waals surface area contributed by atoms with Gasteiger partial charge in [-0.3, -0.25) is 0 Å². The first kappa shape index (κ1) is 11.9. The van der Waals surface area contributed by atoms with Gasteiger partial charge in [-0.1, -0.05) is 12.1 Å². The molecule has 0 atom stereocenters. The first-order valence-corrected chi connectivity index (χ1v) is 6.40. The molecule has 3 heteroatoms. The molecule has 0 spiro atoms. The summed E-state index contributed by atoms with van der Waals surface area (Å²) in [6, 6.07) is 14.8. The lowest BCUT2D eigenvalue weighted by atomic mass is 10.2. The second kappa shape index (κ2) is 4.50. The molecule has 0 saturated heterocycles. The number of nitrogens with zero attached hydrogens (tertiary/aromatic N) is 2. The van der Waals surface area contributed by atoms with Crippen molar-refractivity contribution >= 4 is 11.0 Å². The SMILES string of the molecule is CC(C)n1c(-c2ccc(F)cc2)nc2ccccc21. The van der Waals surface area contributed by atoms with Gasteiger partial charge in [0.05, 0.1) is 11.0 Å². The van der Waals surface area contributed by atoms with Crippen LogP contribution in [-0.4, -0.2) is 9.55 Å². The summed E-state index contributed by atoms with van der Waals surface area (Å²) in [5.41, 5.74) is 3.01. The van der Waals surface area contributed by atoms with Gasteiger partial charge in [0.1, 0.15) is 11.6 Å². The number of aromatic nitrogens is 2. The molecule has 0 radical (unpaired) electrons. The minimum Gasteiger partial charge on any atom is -0.321 e. The monoisotopic (exact) mass is 254 g/mol. The van der Waals surface area contributed by atoms with Crippen LogP contribution >= 0.6 is 0 Å². The Morgan fingerprint density at radius 3 is 2.37 bits per heavy atom. The molecule has 0 aliphatic heterocycles. The molecule has 0 amide bonds. The van der Waals surface area contributed by atoms with Crippen LogP contribution in [0.5, 0.6) is 0 Å². The van der Waals surface area contributed by atoms with Crippen molar-refractivity contribution in [3.05, 3.63) is 54.3 Å². The Balaban J connectivity index is 2.28. The maximum Gasteiger partial charge on any atom is 0.141 e. The summed E-state index contributed by atoms with van der Waals surface area (Å²) in [6.45, 7) is 4.25. The van der Waals surface area contributed by atoms with Crippen LogP contribution in [0.1, 0.15) is 19.9 Å². The van der Waals surface area contributed by atoms with Crippen molar-refractivity contribution in [3.63, 3.8) is 0 Å². The summed E-state index contributed by atoms with van der Waals surface area (Å²) in [6.07, 6.45) is 0. The molecule has 0 unspecified atom stereocenters. The molecule has 0 N–H and O–H groups in total. The zero-order valence-electron chi connectivity index (χ0n) is 11.0. The quantitative estimate of drug-likeness (QED) is 0.661. The molecule has 19 heavy (non-hydrogen) atoms. The average Bonchev–Trinajstić information content (AvgIpc) is 2.78. The highest BCUT2D eigenvalue weighted by Crippen LogP contribution is 2.28. The first-order valence-electron chi connectivity index (χ1n) is 6.40. The van der Waals surface area contributed by atoms with E-state index in [9.17, 15) is 4.39 Å². The van der Waals surface area contributed by atoms with Gasteiger partial charge in [0, 0.05) is 11.6 Å².